The lowest BCUT2D eigenvalue weighted by Crippen LogP contribution is -2.16. The van der Waals surface area contributed by atoms with Crippen molar-refractivity contribution in [1.82, 2.24) is 0 Å². The molecule has 10 aromatic rings. The topological polar surface area (TPSA) is 3.24 Å². The van der Waals surface area contributed by atoms with Gasteiger partial charge in [0.1, 0.15) is 0 Å². The van der Waals surface area contributed by atoms with Gasteiger partial charge in [-0.05, 0) is 130 Å². The minimum atomic E-state index is -0.111. The van der Waals surface area contributed by atoms with E-state index in [1.807, 2.05) is 0 Å². The first-order valence-electron chi connectivity index (χ1n) is 20.3. The standard InChI is InChI=1S/C57H41N/c1-57(2)55-23-8-7-18-53(55)54-22-11-20-50(56(54)57)44-15-9-16-47(37-44)58(45-31-26-39(27-32-45)43-25-24-38-12-3-4-14-42(38)36-43)46-33-28-41(29-34-46)49-19-10-21-51-48-17-6-5-13-40(48)30-35-52(49)51/h3-37H,1-2H3. The van der Waals surface area contributed by atoms with Gasteiger partial charge in [-0.2, -0.15) is 0 Å². The summed E-state index contributed by atoms with van der Waals surface area (Å²) in [5.74, 6) is 0. The Morgan fingerprint density at radius 2 is 0.897 bits per heavy atom. The van der Waals surface area contributed by atoms with Gasteiger partial charge in [0.2, 0.25) is 0 Å². The van der Waals surface area contributed by atoms with Gasteiger partial charge in [0.15, 0.2) is 0 Å². The molecule has 0 aromatic heterocycles. The molecule has 0 spiro atoms. The predicted molar refractivity (Wildman–Crippen MR) is 248 cm³/mol. The Balaban J connectivity index is 1.03. The highest BCUT2D eigenvalue weighted by atomic mass is 15.1. The van der Waals surface area contributed by atoms with Crippen LogP contribution < -0.4 is 4.90 Å². The first-order chi connectivity index (χ1) is 28.5. The molecule has 0 aliphatic heterocycles. The van der Waals surface area contributed by atoms with E-state index in [1.165, 1.54) is 88.0 Å². The zero-order valence-corrected chi connectivity index (χ0v) is 32.7. The average Bonchev–Trinajstić information content (AvgIpc) is 3.52. The smallest absolute Gasteiger partial charge is 0.0467 e. The van der Waals surface area contributed by atoms with E-state index in [2.05, 4.69) is 231 Å². The molecule has 0 saturated carbocycles. The van der Waals surface area contributed by atoms with Crippen molar-refractivity contribution in [2.45, 2.75) is 19.3 Å². The summed E-state index contributed by atoms with van der Waals surface area (Å²) in [6.07, 6.45) is 0. The molecule has 0 unspecified atom stereocenters. The van der Waals surface area contributed by atoms with Crippen molar-refractivity contribution < 1.29 is 0 Å². The monoisotopic (exact) mass is 739 g/mol. The molecule has 0 atom stereocenters. The summed E-state index contributed by atoms with van der Waals surface area (Å²) < 4.78 is 0. The lowest BCUT2D eigenvalue weighted by Gasteiger charge is -2.28. The summed E-state index contributed by atoms with van der Waals surface area (Å²) in [5, 5.41) is 7.60. The molecule has 0 radical (unpaired) electrons. The maximum absolute atomic E-state index is 2.40. The third kappa shape index (κ3) is 5.54. The molecule has 0 N–H and O–H groups in total. The van der Waals surface area contributed by atoms with Crippen LogP contribution in [0.1, 0.15) is 25.0 Å². The van der Waals surface area contributed by atoms with Crippen LogP contribution in [-0.4, -0.2) is 0 Å². The molecule has 0 bridgehead atoms. The highest BCUT2D eigenvalue weighted by molar-refractivity contribution is 6.12. The normalized spacial score (nSPS) is 12.8. The van der Waals surface area contributed by atoms with Gasteiger partial charge >= 0.3 is 0 Å². The molecule has 10 aromatic carbocycles. The van der Waals surface area contributed by atoms with Crippen LogP contribution >= 0.6 is 0 Å². The molecule has 0 saturated heterocycles. The number of fused-ring (bicyclic) bond motifs is 7. The largest absolute Gasteiger partial charge is 0.310 e. The van der Waals surface area contributed by atoms with Gasteiger partial charge in [-0.1, -0.05) is 184 Å². The van der Waals surface area contributed by atoms with Crippen LogP contribution in [0.25, 0.3) is 76.8 Å². The highest BCUT2D eigenvalue weighted by Gasteiger charge is 2.37. The Kier molecular flexibility index (Phi) is 7.91. The summed E-state index contributed by atoms with van der Waals surface area (Å²) in [5.41, 5.74) is 16.0. The van der Waals surface area contributed by atoms with Crippen LogP contribution in [0, 0.1) is 0 Å². The fraction of sp³-hybridized carbons (Fsp3) is 0.0526. The van der Waals surface area contributed by atoms with Gasteiger partial charge < -0.3 is 4.90 Å². The lowest BCUT2D eigenvalue weighted by atomic mass is 9.79. The molecule has 1 heteroatoms. The summed E-state index contributed by atoms with van der Waals surface area (Å²) in [4.78, 5) is 2.40. The highest BCUT2D eigenvalue weighted by Crippen LogP contribution is 2.52. The lowest BCUT2D eigenvalue weighted by molar-refractivity contribution is 0.662. The summed E-state index contributed by atoms with van der Waals surface area (Å²) in [6.45, 7) is 4.74. The predicted octanol–water partition coefficient (Wildman–Crippen LogP) is 15.9. The van der Waals surface area contributed by atoms with E-state index in [1.54, 1.807) is 0 Å². The molecule has 11 rings (SSSR count). The molecule has 58 heavy (non-hydrogen) atoms. The summed E-state index contributed by atoms with van der Waals surface area (Å²) >= 11 is 0. The SMILES string of the molecule is CC1(C)c2ccccc2-c2cccc(-c3cccc(N(c4ccc(-c5ccc6ccccc6c5)cc4)c4ccc(-c5cccc6c5ccc5ccccc56)cc4)c3)c21. The maximum atomic E-state index is 2.40. The van der Waals surface area contributed by atoms with E-state index in [0.29, 0.717) is 0 Å². The molecule has 1 aliphatic carbocycles. The van der Waals surface area contributed by atoms with Crippen molar-refractivity contribution in [2.24, 2.45) is 0 Å². The molecular formula is C57H41N. The quantitative estimate of drug-likeness (QED) is 0.154. The second kappa shape index (κ2) is 13.5. The zero-order valence-electron chi connectivity index (χ0n) is 32.7. The van der Waals surface area contributed by atoms with Crippen molar-refractivity contribution in [3.8, 4) is 44.5 Å². The Bertz CT molecular complexity index is 3190. The second-order valence-corrected chi connectivity index (χ2v) is 16.1. The van der Waals surface area contributed by atoms with Gasteiger partial charge in [-0.25, -0.2) is 0 Å². The van der Waals surface area contributed by atoms with Gasteiger partial charge in [0.05, 0.1) is 0 Å². The van der Waals surface area contributed by atoms with Crippen LogP contribution in [-0.2, 0) is 5.41 Å². The van der Waals surface area contributed by atoms with Crippen LogP contribution in [0.15, 0.2) is 212 Å². The molecule has 0 amide bonds. The third-order valence-electron chi connectivity index (χ3n) is 12.4. The second-order valence-electron chi connectivity index (χ2n) is 16.1. The molecule has 274 valence electrons. The van der Waals surface area contributed by atoms with Crippen LogP contribution in [0.4, 0.5) is 17.1 Å². The number of nitrogens with zero attached hydrogens (tertiary/aromatic N) is 1. The van der Waals surface area contributed by atoms with E-state index in [-0.39, 0.29) is 5.41 Å². The van der Waals surface area contributed by atoms with Crippen molar-refractivity contribution in [2.75, 3.05) is 4.90 Å². The minimum Gasteiger partial charge on any atom is -0.310 e. The first kappa shape index (κ1) is 34.1. The summed E-state index contributed by atoms with van der Waals surface area (Å²) in [7, 11) is 0. The van der Waals surface area contributed by atoms with Crippen LogP contribution in [0.3, 0.4) is 0 Å². The minimum absolute atomic E-state index is 0.111. The van der Waals surface area contributed by atoms with Crippen LogP contribution in [0.5, 0.6) is 0 Å². The number of hydrogen-bond acceptors (Lipinski definition) is 1. The fourth-order valence-corrected chi connectivity index (χ4v) is 9.60. The van der Waals surface area contributed by atoms with E-state index in [4.69, 9.17) is 0 Å². The Hall–Kier alpha value is -7.22. The number of rotatable bonds is 6. The molecule has 0 fully saturated rings. The van der Waals surface area contributed by atoms with Crippen molar-refractivity contribution in [3.05, 3.63) is 223 Å². The van der Waals surface area contributed by atoms with Crippen LogP contribution in [0.2, 0.25) is 0 Å². The van der Waals surface area contributed by atoms with Gasteiger partial charge in [-0.15, -0.1) is 0 Å². The van der Waals surface area contributed by atoms with E-state index in [0.717, 1.165) is 17.1 Å². The van der Waals surface area contributed by atoms with Gasteiger partial charge in [0.25, 0.3) is 0 Å². The van der Waals surface area contributed by atoms with E-state index in [9.17, 15) is 0 Å². The average molecular weight is 740 g/mol. The molecule has 1 aliphatic rings. The molecular weight excluding hydrogens is 699 g/mol. The first-order valence-corrected chi connectivity index (χ1v) is 20.3. The number of benzene rings is 10. The Labute approximate surface area is 340 Å². The fourth-order valence-electron chi connectivity index (χ4n) is 9.60. The molecule has 1 nitrogen and oxygen atoms in total. The maximum Gasteiger partial charge on any atom is 0.0467 e. The zero-order chi connectivity index (χ0) is 38.8. The van der Waals surface area contributed by atoms with Crippen molar-refractivity contribution in [3.63, 3.8) is 0 Å². The van der Waals surface area contributed by atoms with Gasteiger partial charge in [-0.3, -0.25) is 0 Å². The van der Waals surface area contributed by atoms with E-state index >= 15 is 0 Å². The Morgan fingerprint density at radius 3 is 1.72 bits per heavy atom. The van der Waals surface area contributed by atoms with E-state index < -0.39 is 0 Å². The van der Waals surface area contributed by atoms with Crippen molar-refractivity contribution >= 4 is 49.4 Å². The third-order valence-corrected chi connectivity index (χ3v) is 12.4. The summed E-state index contributed by atoms with van der Waals surface area (Å²) in [6, 6.07) is 78.1. The van der Waals surface area contributed by atoms with Gasteiger partial charge in [0, 0.05) is 22.5 Å². The number of anilines is 3. The molecule has 0 heterocycles. The number of hydrogen-bond donors (Lipinski definition) is 0. The Morgan fingerprint density at radius 1 is 0.310 bits per heavy atom. The van der Waals surface area contributed by atoms with Crippen molar-refractivity contribution in [1.29, 1.82) is 0 Å².